The van der Waals surface area contributed by atoms with E-state index in [0.29, 0.717) is 27.8 Å². The summed E-state index contributed by atoms with van der Waals surface area (Å²) in [5.74, 6) is -0.597. The average Bonchev–Trinajstić information content (AvgIpc) is 3.06. The van der Waals surface area contributed by atoms with E-state index in [9.17, 15) is 9.59 Å². The Hall–Kier alpha value is -2.77. The van der Waals surface area contributed by atoms with Crippen molar-refractivity contribution < 1.29 is 9.59 Å². The van der Waals surface area contributed by atoms with Crippen LogP contribution < -0.4 is 10.6 Å². The van der Waals surface area contributed by atoms with Crippen LogP contribution in [0.1, 0.15) is 30.7 Å². The molecule has 8 heteroatoms. The SMILES string of the molecule is Cc1nnc(C(=O)Nc2cccc(C(=O)NCc3cccc(Cl)c3)c2)s1. The van der Waals surface area contributed by atoms with Gasteiger partial charge in [0.05, 0.1) is 0 Å². The highest BCUT2D eigenvalue weighted by atomic mass is 35.5. The van der Waals surface area contributed by atoms with Crippen LogP contribution in [0.3, 0.4) is 0 Å². The summed E-state index contributed by atoms with van der Waals surface area (Å²) in [5, 5.41) is 14.8. The van der Waals surface area contributed by atoms with Crippen LogP contribution in [-0.4, -0.2) is 22.0 Å². The topological polar surface area (TPSA) is 84.0 Å². The summed E-state index contributed by atoms with van der Waals surface area (Å²) >= 11 is 7.14. The predicted octanol–water partition coefficient (Wildman–Crippen LogP) is 3.68. The summed E-state index contributed by atoms with van der Waals surface area (Å²) in [6, 6.07) is 14.0. The fourth-order valence-electron chi connectivity index (χ4n) is 2.24. The van der Waals surface area contributed by atoms with Crippen molar-refractivity contribution in [3.05, 3.63) is 74.7 Å². The lowest BCUT2D eigenvalue weighted by atomic mass is 10.1. The van der Waals surface area contributed by atoms with E-state index < -0.39 is 0 Å². The Morgan fingerprint density at radius 1 is 1.08 bits per heavy atom. The number of carbonyl (C=O) groups is 2. The quantitative estimate of drug-likeness (QED) is 0.700. The highest BCUT2D eigenvalue weighted by molar-refractivity contribution is 7.13. The summed E-state index contributed by atoms with van der Waals surface area (Å²) in [6.07, 6.45) is 0. The molecule has 3 rings (SSSR count). The van der Waals surface area contributed by atoms with Crippen LogP contribution in [-0.2, 0) is 6.54 Å². The zero-order valence-corrected chi connectivity index (χ0v) is 15.4. The van der Waals surface area contributed by atoms with E-state index in [4.69, 9.17) is 11.6 Å². The fraction of sp³-hybridized carbons (Fsp3) is 0.111. The van der Waals surface area contributed by atoms with E-state index in [1.165, 1.54) is 11.3 Å². The third-order valence-electron chi connectivity index (χ3n) is 3.44. The van der Waals surface area contributed by atoms with E-state index in [0.717, 1.165) is 5.56 Å². The molecule has 0 radical (unpaired) electrons. The molecule has 2 amide bonds. The molecule has 2 N–H and O–H groups in total. The lowest BCUT2D eigenvalue weighted by Gasteiger charge is -2.08. The summed E-state index contributed by atoms with van der Waals surface area (Å²) in [5.41, 5.74) is 1.86. The minimum absolute atomic E-state index is 0.243. The molecule has 0 fully saturated rings. The summed E-state index contributed by atoms with van der Waals surface area (Å²) < 4.78 is 0. The van der Waals surface area contributed by atoms with E-state index in [-0.39, 0.29) is 16.8 Å². The minimum Gasteiger partial charge on any atom is -0.348 e. The van der Waals surface area contributed by atoms with Gasteiger partial charge in [0.25, 0.3) is 11.8 Å². The predicted molar refractivity (Wildman–Crippen MR) is 102 cm³/mol. The van der Waals surface area contributed by atoms with Crippen LogP contribution >= 0.6 is 22.9 Å². The molecule has 0 atom stereocenters. The maximum Gasteiger partial charge on any atom is 0.286 e. The average molecular weight is 387 g/mol. The molecule has 0 aliphatic rings. The third kappa shape index (κ3) is 4.65. The number of rotatable bonds is 5. The van der Waals surface area contributed by atoms with Crippen molar-refractivity contribution in [2.75, 3.05) is 5.32 Å². The van der Waals surface area contributed by atoms with Crippen LogP contribution in [0.15, 0.2) is 48.5 Å². The molecule has 3 aromatic rings. The van der Waals surface area contributed by atoms with Gasteiger partial charge in [-0.05, 0) is 42.8 Å². The van der Waals surface area contributed by atoms with Crippen molar-refractivity contribution in [2.45, 2.75) is 13.5 Å². The van der Waals surface area contributed by atoms with Gasteiger partial charge in [-0.15, -0.1) is 10.2 Å². The molecule has 6 nitrogen and oxygen atoms in total. The Balaban J connectivity index is 1.64. The third-order valence-corrected chi connectivity index (χ3v) is 4.52. The molecular weight excluding hydrogens is 372 g/mol. The number of benzene rings is 2. The first-order valence-electron chi connectivity index (χ1n) is 7.75. The number of hydrogen-bond acceptors (Lipinski definition) is 5. The van der Waals surface area contributed by atoms with Gasteiger partial charge < -0.3 is 10.6 Å². The Kier molecular flexibility index (Phi) is 5.60. The van der Waals surface area contributed by atoms with Gasteiger partial charge in [-0.25, -0.2) is 0 Å². The molecule has 0 saturated carbocycles. The zero-order chi connectivity index (χ0) is 18.5. The van der Waals surface area contributed by atoms with Gasteiger partial charge in [-0.2, -0.15) is 0 Å². The number of anilines is 1. The van der Waals surface area contributed by atoms with E-state index in [1.54, 1.807) is 43.3 Å². The van der Waals surface area contributed by atoms with Gasteiger partial charge in [0.2, 0.25) is 5.01 Å². The number of aryl methyl sites for hydroxylation is 1. The van der Waals surface area contributed by atoms with Crippen molar-refractivity contribution in [1.29, 1.82) is 0 Å². The van der Waals surface area contributed by atoms with Gasteiger partial charge in [-0.3, -0.25) is 9.59 Å². The largest absolute Gasteiger partial charge is 0.348 e. The molecule has 0 aliphatic carbocycles. The molecule has 2 aromatic carbocycles. The van der Waals surface area contributed by atoms with Crippen LogP contribution in [0.2, 0.25) is 5.02 Å². The molecule has 0 saturated heterocycles. The molecule has 0 spiro atoms. The summed E-state index contributed by atoms with van der Waals surface area (Å²) in [7, 11) is 0. The molecule has 132 valence electrons. The number of aromatic nitrogens is 2. The first kappa shape index (κ1) is 18.0. The number of nitrogens with zero attached hydrogens (tertiary/aromatic N) is 2. The first-order valence-corrected chi connectivity index (χ1v) is 8.95. The lowest BCUT2D eigenvalue weighted by Crippen LogP contribution is -2.23. The van der Waals surface area contributed by atoms with Crippen LogP contribution in [0.4, 0.5) is 5.69 Å². The lowest BCUT2D eigenvalue weighted by molar-refractivity contribution is 0.0949. The maximum atomic E-state index is 12.3. The van der Waals surface area contributed by atoms with Crippen LogP contribution in [0.5, 0.6) is 0 Å². The standard InChI is InChI=1S/C18H15ClN4O2S/c1-11-22-23-18(26-11)17(25)21-15-7-3-5-13(9-15)16(24)20-10-12-4-2-6-14(19)8-12/h2-9H,10H2,1H3,(H,20,24)(H,21,25). The van der Waals surface area contributed by atoms with Gasteiger partial charge in [0, 0.05) is 22.8 Å². The monoisotopic (exact) mass is 386 g/mol. The minimum atomic E-state index is -0.355. The molecular formula is C18H15ClN4O2S. The first-order chi connectivity index (χ1) is 12.5. The normalized spacial score (nSPS) is 10.4. The number of carbonyl (C=O) groups excluding carboxylic acids is 2. The molecule has 0 unspecified atom stereocenters. The second-order valence-electron chi connectivity index (χ2n) is 5.47. The summed E-state index contributed by atoms with van der Waals surface area (Å²) in [4.78, 5) is 24.5. The molecule has 0 bridgehead atoms. The van der Waals surface area contributed by atoms with E-state index >= 15 is 0 Å². The smallest absolute Gasteiger partial charge is 0.286 e. The Morgan fingerprint density at radius 3 is 2.62 bits per heavy atom. The number of amides is 2. The maximum absolute atomic E-state index is 12.3. The van der Waals surface area contributed by atoms with Crippen LogP contribution in [0.25, 0.3) is 0 Å². The van der Waals surface area contributed by atoms with Gasteiger partial charge >= 0.3 is 0 Å². The fourth-order valence-corrected chi connectivity index (χ4v) is 3.04. The van der Waals surface area contributed by atoms with Crippen LogP contribution in [0, 0.1) is 6.92 Å². The van der Waals surface area contributed by atoms with Gasteiger partial charge in [-0.1, -0.05) is 41.1 Å². The highest BCUT2D eigenvalue weighted by Crippen LogP contribution is 2.15. The van der Waals surface area contributed by atoms with Crippen molar-refractivity contribution in [3.63, 3.8) is 0 Å². The molecule has 1 aromatic heterocycles. The number of hydrogen-bond donors (Lipinski definition) is 2. The molecule has 26 heavy (non-hydrogen) atoms. The number of nitrogens with one attached hydrogen (secondary N) is 2. The zero-order valence-electron chi connectivity index (χ0n) is 13.8. The summed E-state index contributed by atoms with van der Waals surface area (Å²) in [6.45, 7) is 2.14. The highest BCUT2D eigenvalue weighted by Gasteiger charge is 2.13. The molecule has 0 aliphatic heterocycles. The Bertz CT molecular complexity index is 958. The second kappa shape index (κ2) is 8.07. The van der Waals surface area contributed by atoms with Gasteiger partial charge in [0.1, 0.15) is 5.01 Å². The molecule has 1 heterocycles. The number of halogens is 1. The Labute approximate surface area is 159 Å². The van der Waals surface area contributed by atoms with Crippen molar-refractivity contribution >= 4 is 40.4 Å². The van der Waals surface area contributed by atoms with Crippen molar-refractivity contribution in [1.82, 2.24) is 15.5 Å². The van der Waals surface area contributed by atoms with Crippen molar-refractivity contribution in [3.8, 4) is 0 Å². The van der Waals surface area contributed by atoms with Crippen molar-refractivity contribution in [2.24, 2.45) is 0 Å². The van der Waals surface area contributed by atoms with E-state index in [1.807, 2.05) is 12.1 Å². The van der Waals surface area contributed by atoms with Gasteiger partial charge in [0.15, 0.2) is 0 Å². The Morgan fingerprint density at radius 2 is 1.88 bits per heavy atom. The second-order valence-corrected chi connectivity index (χ2v) is 7.09. The van der Waals surface area contributed by atoms with E-state index in [2.05, 4.69) is 20.8 Å².